The third kappa shape index (κ3) is 3.24. The van der Waals surface area contributed by atoms with Crippen molar-refractivity contribution in [2.45, 2.75) is 6.54 Å². The molecule has 1 heterocycles. The first-order valence-corrected chi connectivity index (χ1v) is 8.59. The molecular weight excluding hydrogens is 322 g/mol. The molecule has 0 spiro atoms. The lowest BCUT2D eigenvalue weighted by Gasteiger charge is -2.19. The Balaban J connectivity index is 1.71. The Morgan fingerprint density at radius 1 is 0.846 bits per heavy atom. The van der Waals surface area contributed by atoms with Gasteiger partial charge in [-0.25, -0.2) is 0 Å². The predicted octanol–water partition coefficient (Wildman–Crippen LogP) is 5.10. The van der Waals surface area contributed by atoms with Crippen molar-refractivity contribution in [2.75, 3.05) is 11.9 Å². The second-order valence-corrected chi connectivity index (χ2v) is 6.36. The SMILES string of the molecule is CN(Cc1ccc2c(=O)cc(-c3ccccc3)oc2c1)c1ccccc1. The van der Waals surface area contributed by atoms with Crippen LogP contribution in [0, 0.1) is 0 Å². The normalized spacial score (nSPS) is 10.8. The molecule has 1 aromatic heterocycles. The number of benzene rings is 3. The molecule has 0 unspecified atom stereocenters. The maximum atomic E-state index is 12.5. The largest absolute Gasteiger partial charge is 0.456 e. The van der Waals surface area contributed by atoms with Gasteiger partial charge in [0.05, 0.1) is 5.39 Å². The molecule has 0 amide bonds. The number of nitrogens with zero attached hydrogens (tertiary/aromatic N) is 1. The highest BCUT2D eigenvalue weighted by atomic mass is 16.3. The van der Waals surface area contributed by atoms with E-state index in [4.69, 9.17) is 4.42 Å². The average molecular weight is 341 g/mol. The lowest BCUT2D eigenvalue weighted by atomic mass is 10.1. The zero-order valence-corrected chi connectivity index (χ0v) is 14.6. The molecular formula is C23H19NO2. The fourth-order valence-electron chi connectivity index (χ4n) is 3.09. The maximum Gasteiger partial charge on any atom is 0.193 e. The van der Waals surface area contributed by atoms with Gasteiger partial charge in [0, 0.05) is 30.9 Å². The Morgan fingerprint density at radius 3 is 2.27 bits per heavy atom. The van der Waals surface area contributed by atoms with E-state index in [1.54, 1.807) is 6.07 Å². The molecule has 0 saturated heterocycles. The van der Waals surface area contributed by atoms with Crippen LogP contribution in [0.4, 0.5) is 5.69 Å². The van der Waals surface area contributed by atoms with Crippen molar-refractivity contribution in [3.63, 3.8) is 0 Å². The van der Waals surface area contributed by atoms with Crippen LogP contribution >= 0.6 is 0 Å². The van der Waals surface area contributed by atoms with Crippen molar-refractivity contribution >= 4 is 16.7 Å². The first-order chi connectivity index (χ1) is 12.7. The molecule has 0 aliphatic heterocycles. The van der Waals surface area contributed by atoms with Crippen molar-refractivity contribution in [3.8, 4) is 11.3 Å². The summed E-state index contributed by atoms with van der Waals surface area (Å²) >= 11 is 0. The standard InChI is InChI=1S/C23H19NO2/c1-24(19-10-6-3-7-11-19)16-17-12-13-20-21(25)15-22(26-23(20)14-17)18-8-4-2-5-9-18/h2-15H,16H2,1H3. The van der Waals surface area contributed by atoms with E-state index >= 15 is 0 Å². The van der Waals surface area contributed by atoms with E-state index < -0.39 is 0 Å². The van der Waals surface area contributed by atoms with Gasteiger partial charge in [0.15, 0.2) is 5.43 Å². The quantitative estimate of drug-likeness (QED) is 0.518. The molecule has 26 heavy (non-hydrogen) atoms. The minimum Gasteiger partial charge on any atom is -0.456 e. The Bertz CT molecular complexity index is 1090. The number of hydrogen-bond donors (Lipinski definition) is 0. The summed E-state index contributed by atoms with van der Waals surface area (Å²) in [6.45, 7) is 0.735. The second kappa shape index (κ2) is 6.89. The summed E-state index contributed by atoms with van der Waals surface area (Å²) in [5.41, 5.74) is 3.74. The van der Waals surface area contributed by atoms with Crippen molar-refractivity contribution in [1.82, 2.24) is 0 Å². The molecule has 0 atom stereocenters. The second-order valence-electron chi connectivity index (χ2n) is 6.36. The minimum atomic E-state index is -0.0203. The molecule has 0 radical (unpaired) electrons. The minimum absolute atomic E-state index is 0.0203. The molecule has 3 heteroatoms. The summed E-state index contributed by atoms with van der Waals surface area (Å²) in [5, 5.41) is 0.607. The van der Waals surface area contributed by atoms with Crippen LogP contribution in [0.1, 0.15) is 5.56 Å². The zero-order chi connectivity index (χ0) is 17.9. The lowest BCUT2D eigenvalue weighted by molar-refractivity contribution is 0.618. The molecule has 0 aliphatic carbocycles. The van der Waals surface area contributed by atoms with Gasteiger partial charge in [-0.15, -0.1) is 0 Å². The highest BCUT2D eigenvalue weighted by molar-refractivity contribution is 5.79. The summed E-state index contributed by atoms with van der Waals surface area (Å²) in [6, 6.07) is 27.3. The van der Waals surface area contributed by atoms with Crippen molar-refractivity contribution in [2.24, 2.45) is 0 Å². The summed E-state index contributed by atoms with van der Waals surface area (Å²) in [7, 11) is 2.05. The van der Waals surface area contributed by atoms with E-state index in [0.717, 1.165) is 23.4 Å². The third-order valence-corrected chi connectivity index (χ3v) is 4.47. The Labute approximate surface area is 152 Å². The topological polar surface area (TPSA) is 33.5 Å². The van der Waals surface area contributed by atoms with Crippen LogP contribution in [-0.4, -0.2) is 7.05 Å². The third-order valence-electron chi connectivity index (χ3n) is 4.47. The molecule has 4 aromatic rings. The van der Waals surface area contributed by atoms with Gasteiger partial charge in [-0.2, -0.15) is 0 Å². The van der Waals surface area contributed by atoms with E-state index in [-0.39, 0.29) is 5.43 Å². The number of hydrogen-bond acceptors (Lipinski definition) is 3. The fourth-order valence-corrected chi connectivity index (χ4v) is 3.09. The highest BCUT2D eigenvalue weighted by Gasteiger charge is 2.09. The number of para-hydroxylation sites is 1. The lowest BCUT2D eigenvalue weighted by Crippen LogP contribution is -2.16. The fraction of sp³-hybridized carbons (Fsp3) is 0.0870. The van der Waals surface area contributed by atoms with Crippen molar-refractivity contribution in [1.29, 1.82) is 0 Å². The number of rotatable bonds is 4. The summed E-state index contributed by atoms with van der Waals surface area (Å²) in [4.78, 5) is 14.6. The van der Waals surface area contributed by atoms with Gasteiger partial charge >= 0.3 is 0 Å². The summed E-state index contributed by atoms with van der Waals surface area (Å²) in [5.74, 6) is 0.594. The van der Waals surface area contributed by atoms with E-state index in [9.17, 15) is 4.79 Å². The van der Waals surface area contributed by atoms with E-state index in [1.807, 2.05) is 66.7 Å². The monoisotopic (exact) mass is 341 g/mol. The van der Waals surface area contributed by atoms with Crippen LogP contribution < -0.4 is 10.3 Å². The smallest absolute Gasteiger partial charge is 0.193 e. The van der Waals surface area contributed by atoms with Crippen LogP contribution in [0.15, 0.2) is 94.1 Å². The first kappa shape index (κ1) is 16.2. The summed E-state index contributed by atoms with van der Waals surface area (Å²) in [6.07, 6.45) is 0. The molecule has 0 aliphatic rings. The number of anilines is 1. The zero-order valence-electron chi connectivity index (χ0n) is 14.6. The van der Waals surface area contributed by atoms with E-state index in [0.29, 0.717) is 16.7 Å². The van der Waals surface area contributed by atoms with Crippen LogP contribution in [0.3, 0.4) is 0 Å². The van der Waals surface area contributed by atoms with Gasteiger partial charge in [-0.3, -0.25) is 4.79 Å². The summed E-state index contributed by atoms with van der Waals surface area (Å²) < 4.78 is 6.04. The molecule has 0 saturated carbocycles. The Hall–Kier alpha value is -3.33. The molecule has 0 N–H and O–H groups in total. The van der Waals surface area contributed by atoms with Gasteiger partial charge < -0.3 is 9.32 Å². The maximum absolute atomic E-state index is 12.5. The molecule has 0 fully saturated rings. The Morgan fingerprint density at radius 2 is 1.54 bits per heavy atom. The van der Waals surface area contributed by atoms with Gasteiger partial charge in [0.1, 0.15) is 11.3 Å². The average Bonchev–Trinajstić information content (AvgIpc) is 2.69. The molecule has 128 valence electrons. The van der Waals surface area contributed by atoms with Crippen LogP contribution in [-0.2, 0) is 6.54 Å². The van der Waals surface area contributed by atoms with Gasteiger partial charge in [0.25, 0.3) is 0 Å². The van der Waals surface area contributed by atoms with Gasteiger partial charge in [-0.1, -0.05) is 54.6 Å². The highest BCUT2D eigenvalue weighted by Crippen LogP contribution is 2.23. The van der Waals surface area contributed by atoms with Gasteiger partial charge in [0.2, 0.25) is 0 Å². The molecule has 4 rings (SSSR count). The molecule has 3 nitrogen and oxygen atoms in total. The van der Waals surface area contributed by atoms with E-state index in [1.165, 1.54) is 0 Å². The van der Waals surface area contributed by atoms with Crippen molar-refractivity contribution < 1.29 is 4.42 Å². The predicted molar refractivity (Wildman–Crippen MR) is 106 cm³/mol. The Kier molecular flexibility index (Phi) is 4.28. The van der Waals surface area contributed by atoms with Crippen molar-refractivity contribution in [3.05, 3.63) is 101 Å². The molecule has 0 bridgehead atoms. The number of fused-ring (bicyclic) bond motifs is 1. The van der Waals surface area contributed by atoms with Crippen LogP contribution in [0.2, 0.25) is 0 Å². The van der Waals surface area contributed by atoms with E-state index in [2.05, 4.69) is 24.1 Å². The first-order valence-electron chi connectivity index (χ1n) is 8.59. The van der Waals surface area contributed by atoms with Gasteiger partial charge in [-0.05, 0) is 29.8 Å². The molecule has 3 aromatic carbocycles. The van der Waals surface area contributed by atoms with Crippen LogP contribution in [0.25, 0.3) is 22.3 Å². The van der Waals surface area contributed by atoms with Crippen LogP contribution in [0.5, 0.6) is 0 Å².